The quantitative estimate of drug-likeness (QED) is 0.868. The Morgan fingerprint density at radius 2 is 1.83 bits per heavy atom. The second kappa shape index (κ2) is 7.87. The number of ether oxygens (including phenoxy) is 1. The molecule has 2 aliphatic rings. The lowest BCUT2D eigenvalue weighted by molar-refractivity contribution is -0.121. The highest BCUT2D eigenvalue weighted by atomic mass is 16.5. The molecule has 0 spiro atoms. The van der Waals surface area contributed by atoms with Crippen molar-refractivity contribution in [2.75, 3.05) is 33.2 Å². The van der Waals surface area contributed by atoms with Crippen molar-refractivity contribution in [2.24, 2.45) is 5.92 Å². The number of hydrogen-bond acceptors (Lipinski definition) is 4. The number of carbonyl (C=O) groups excluding carboxylic acids is 2. The van der Waals surface area contributed by atoms with Crippen LogP contribution in [-0.4, -0.2) is 60.4 Å². The summed E-state index contributed by atoms with van der Waals surface area (Å²) < 4.78 is 5.88. The minimum absolute atomic E-state index is 0.0229. The molecule has 6 heteroatoms. The Balaban J connectivity index is 1.52. The number of amides is 2. The first-order valence-corrected chi connectivity index (χ1v) is 10.0. The first-order chi connectivity index (χ1) is 13.9. The van der Waals surface area contributed by atoms with E-state index in [1.807, 2.05) is 53.4 Å². The van der Waals surface area contributed by atoms with Gasteiger partial charge in [-0.2, -0.15) is 0 Å². The summed E-state index contributed by atoms with van der Waals surface area (Å²) in [4.78, 5) is 29.2. The number of hydrogen-bond donors (Lipinski definition) is 1. The molecule has 0 aliphatic carbocycles. The van der Waals surface area contributed by atoms with Crippen LogP contribution in [0, 0.1) is 5.92 Å². The molecule has 2 heterocycles. The number of para-hydroxylation sites is 1. The first kappa shape index (κ1) is 19.5. The summed E-state index contributed by atoms with van der Waals surface area (Å²) in [5, 5.41) is 3.17. The Morgan fingerprint density at radius 1 is 1.07 bits per heavy atom. The number of carbonyl (C=O) groups is 2. The standard InChI is InChI=1S/C23H27N3O3/c1-17(27)24-23-11-12-25(2)14-19(23)15-26(16-23)22(28)18-7-6-10-21(13-18)29-20-8-4-3-5-9-20/h3-10,13,19H,11-12,14-16H2,1-2H3,(H,24,27)/t19-,23-/m1/s1. The number of benzene rings is 2. The molecule has 2 aromatic rings. The number of likely N-dealkylation sites (tertiary alicyclic amines) is 2. The van der Waals surface area contributed by atoms with Gasteiger partial charge in [0.2, 0.25) is 5.91 Å². The van der Waals surface area contributed by atoms with Crippen molar-refractivity contribution in [1.29, 1.82) is 0 Å². The van der Waals surface area contributed by atoms with Crippen LogP contribution in [0.25, 0.3) is 0 Å². The van der Waals surface area contributed by atoms with Gasteiger partial charge in [-0.3, -0.25) is 9.59 Å². The maximum Gasteiger partial charge on any atom is 0.254 e. The van der Waals surface area contributed by atoms with Crippen molar-refractivity contribution in [1.82, 2.24) is 15.1 Å². The van der Waals surface area contributed by atoms with Crippen LogP contribution in [-0.2, 0) is 4.79 Å². The van der Waals surface area contributed by atoms with Gasteiger partial charge in [-0.15, -0.1) is 0 Å². The van der Waals surface area contributed by atoms with Gasteiger partial charge >= 0.3 is 0 Å². The second-order valence-electron chi connectivity index (χ2n) is 8.18. The van der Waals surface area contributed by atoms with E-state index in [2.05, 4.69) is 17.3 Å². The van der Waals surface area contributed by atoms with Crippen molar-refractivity contribution in [2.45, 2.75) is 18.9 Å². The predicted molar refractivity (Wildman–Crippen MR) is 111 cm³/mol. The fourth-order valence-electron chi connectivity index (χ4n) is 4.56. The van der Waals surface area contributed by atoms with E-state index < -0.39 is 0 Å². The normalized spacial score (nSPS) is 24.1. The van der Waals surface area contributed by atoms with Crippen molar-refractivity contribution in [3.8, 4) is 11.5 Å². The van der Waals surface area contributed by atoms with Crippen LogP contribution in [0.4, 0.5) is 0 Å². The van der Waals surface area contributed by atoms with Crippen LogP contribution < -0.4 is 10.1 Å². The number of nitrogens with one attached hydrogen (secondary N) is 1. The molecule has 6 nitrogen and oxygen atoms in total. The highest BCUT2D eigenvalue weighted by Crippen LogP contribution is 2.36. The molecular weight excluding hydrogens is 366 g/mol. The number of piperidine rings is 1. The Kier molecular flexibility index (Phi) is 5.28. The minimum atomic E-state index is -0.327. The lowest BCUT2D eigenvalue weighted by atomic mass is 9.80. The molecule has 4 rings (SSSR count). The molecule has 0 bridgehead atoms. The summed E-state index contributed by atoms with van der Waals surface area (Å²) in [5.74, 6) is 1.54. The Labute approximate surface area is 171 Å². The Hall–Kier alpha value is -2.86. The van der Waals surface area contributed by atoms with Crippen molar-refractivity contribution in [3.63, 3.8) is 0 Å². The van der Waals surface area contributed by atoms with Crippen molar-refractivity contribution >= 4 is 11.8 Å². The predicted octanol–water partition coefficient (Wildman–Crippen LogP) is 2.76. The molecule has 2 saturated heterocycles. The molecule has 2 amide bonds. The van der Waals surface area contributed by atoms with E-state index in [0.29, 0.717) is 24.4 Å². The third-order valence-electron chi connectivity index (χ3n) is 5.94. The van der Waals surface area contributed by atoms with Gasteiger partial charge in [0, 0.05) is 44.6 Å². The molecule has 0 saturated carbocycles. The second-order valence-corrected chi connectivity index (χ2v) is 8.18. The summed E-state index contributed by atoms with van der Waals surface area (Å²) in [6.07, 6.45) is 0.856. The van der Waals surface area contributed by atoms with Gasteiger partial charge in [0.1, 0.15) is 11.5 Å². The average molecular weight is 393 g/mol. The van der Waals surface area contributed by atoms with Crippen LogP contribution in [0.1, 0.15) is 23.7 Å². The molecule has 0 radical (unpaired) electrons. The molecule has 2 fully saturated rings. The minimum Gasteiger partial charge on any atom is -0.457 e. The van der Waals surface area contributed by atoms with Gasteiger partial charge in [0.05, 0.1) is 5.54 Å². The monoisotopic (exact) mass is 393 g/mol. The highest BCUT2D eigenvalue weighted by molar-refractivity contribution is 5.95. The SMILES string of the molecule is CC(=O)N[C@@]12CCN(C)C[C@@H]1CN(C(=O)c1cccc(Oc3ccccc3)c1)C2. The van der Waals surface area contributed by atoms with E-state index in [1.165, 1.54) is 0 Å². The van der Waals surface area contributed by atoms with Gasteiger partial charge in [0.25, 0.3) is 5.91 Å². The van der Waals surface area contributed by atoms with Gasteiger partial charge < -0.3 is 19.9 Å². The molecule has 29 heavy (non-hydrogen) atoms. The number of fused-ring (bicyclic) bond motifs is 1. The largest absolute Gasteiger partial charge is 0.457 e. The van der Waals surface area contributed by atoms with Gasteiger partial charge in [-0.25, -0.2) is 0 Å². The van der Waals surface area contributed by atoms with Crippen LogP contribution in [0.2, 0.25) is 0 Å². The van der Waals surface area contributed by atoms with Gasteiger partial charge in [-0.05, 0) is 43.8 Å². The Bertz CT molecular complexity index is 901. The number of rotatable bonds is 4. The molecule has 1 N–H and O–H groups in total. The van der Waals surface area contributed by atoms with Crippen LogP contribution in [0.3, 0.4) is 0 Å². The smallest absolute Gasteiger partial charge is 0.254 e. The third-order valence-corrected chi connectivity index (χ3v) is 5.94. The summed E-state index contributed by atoms with van der Waals surface area (Å²) in [6.45, 7) is 4.54. The van der Waals surface area contributed by atoms with E-state index in [0.717, 1.165) is 25.3 Å². The van der Waals surface area contributed by atoms with E-state index >= 15 is 0 Å². The lowest BCUT2D eigenvalue weighted by Gasteiger charge is -2.42. The summed E-state index contributed by atoms with van der Waals surface area (Å²) >= 11 is 0. The van der Waals surface area contributed by atoms with Crippen LogP contribution in [0.15, 0.2) is 54.6 Å². The van der Waals surface area contributed by atoms with E-state index in [-0.39, 0.29) is 23.3 Å². The average Bonchev–Trinajstić information content (AvgIpc) is 3.06. The molecule has 0 aromatic heterocycles. The topological polar surface area (TPSA) is 61.9 Å². The molecular formula is C23H27N3O3. The zero-order valence-electron chi connectivity index (χ0n) is 16.9. The van der Waals surface area contributed by atoms with Crippen LogP contribution in [0.5, 0.6) is 11.5 Å². The molecule has 2 aliphatic heterocycles. The Morgan fingerprint density at radius 3 is 2.59 bits per heavy atom. The lowest BCUT2D eigenvalue weighted by Crippen LogP contribution is -2.60. The molecule has 2 aromatic carbocycles. The fourth-order valence-corrected chi connectivity index (χ4v) is 4.56. The van der Waals surface area contributed by atoms with Crippen molar-refractivity contribution < 1.29 is 14.3 Å². The van der Waals surface area contributed by atoms with Crippen molar-refractivity contribution in [3.05, 3.63) is 60.2 Å². The van der Waals surface area contributed by atoms with E-state index in [4.69, 9.17) is 4.74 Å². The van der Waals surface area contributed by atoms with Gasteiger partial charge in [0.15, 0.2) is 0 Å². The number of nitrogens with zero attached hydrogens (tertiary/aromatic N) is 2. The zero-order chi connectivity index (χ0) is 20.4. The third kappa shape index (κ3) is 4.12. The molecule has 152 valence electrons. The van der Waals surface area contributed by atoms with E-state index in [1.54, 1.807) is 13.0 Å². The van der Waals surface area contributed by atoms with E-state index in [9.17, 15) is 9.59 Å². The first-order valence-electron chi connectivity index (χ1n) is 10.0. The highest BCUT2D eigenvalue weighted by Gasteiger charge is 2.50. The van der Waals surface area contributed by atoms with Gasteiger partial charge in [-0.1, -0.05) is 24.3 Å². The molecule has 2 atom stereocenters. The molecule has 0 unspecified atom stereocenters. The maximum atomic E-state index is 13.2. The van der Waals surface area contributed by atoms with Crippen LogP contribution >= 0.6 is 0 Å². The zero-order valence-corrected chi connectivity index (χ0v) is 16.9. The maximum absolute atomic E-state index is 13.2. The summed E-state index contributed by atoms with van der Waals surface area (Å²) in [5.41, 5.74) is 0.273. The fraction of sp³-hybridized carbons (Fsp3) is 0.391. The summed E-state index contributed by atoms with van der Waals surface area (Å²) in [7, 11) is 2.09. The summed E-state index contributed by atoms with van der Waals surface area (Å²) in [6, 6.07) is 16.8.